The molecule has 1 fully saturated rings. The standard InChI is InChI=1S/C11H17N3O2/c1-7-9(10(12)11(15)16)6-13-14(7)8-4-2-3-5-8/h6,8,10H,2-5,12H2,1H3,(H,15,16). The number of aliphatic carboxylic acids is 1. The topological polar surface area (TPSA) is 81.1 Å². The van der Waals surface area contributed by atoms with Gasteiger partial charge in [-0.15, -0.1) is 0 Å². The van der Waals surface area contributed by atoms with Gasteiger partial charge in [0.05, 0.1) is 12.2 Å². The molecule has 16 heavy (non-hydrogen) atoms. The summed E-state index contributed by atoms with van der Waals surface area (Å²) in [6.07, 6.45) is 6.30. The molecule has 1 atom stereocenters. The van der Waals surface area contributed by atoms with Gasteiger partial charge < -0.3 is 10.8 Å². The molecular weight excluding hydrogens is 206 g/mol. The van der Waals surface area contributed by atoms with Crippen molar-refractivity contribution < 1.29 is 9.90 Å². The number of rotatable bonds is 3. The van der Waals surface area contributed by atoms with Gasteiger partial charge in [0.2, 0.25) is 0 Å². The van der Waals surface area contributed by atoms with Crippen LogP contribution in [0.4, 0.5) is 0 Å². The smallest absolute Gasteiger partial charge is 0.325 e. The van der Waals surface area contributed by atoms with Gasteiger partial charge in [-0.05, 0) is 19.8 Å². The molecule has 5 heteroatoms. The van der Waals surface area contributed by atoms with Crippen molar-refractivity contribution in [2.75, 3.05) is 0 Å². The normalized spacial score (nSPS) is 18.9. The first kappa shape index (κ1) is 11.1. The van der Waals surface area contributed by atoms with Crippen molar-refractivity contribution in [2.45, 2.75) is 44.7 Å². The number of carboxylic acids is 1. The summed E-state index contributed by atoms with van der Waals surface area (Å²) in [4.78, 5) is 10.8. The Morgan fingerprint density at radius 2 is 2.25 bits per heavy atom. The van der Waals surface area contributed by atoms with Crippen LogP contribution in [0.15, 0.2) is 6.20 Å². The maximum Gasteiger partial charge on any atom is 0.325 e. The second-order valence-electron chi connectivity index (χ2n) is 4.38. The van der Waals surface area contributed by atoms with E-state index in [4.69, 9.17) is 10.8 Å². The van der Waals surface area contributed by atoms with Gasteiger partial charge in [-0.3, -0.25) is 9.48 Å². The fourth-order valence-electron chi connectivity index (χ4n) is 2.39. The quantitative estimate of drug-likeness (QED) is 0.811. The summed E-state index contributed by atoms with van der Waals surface area (Å²) in [5.74, 6) is -1.01. The van der Waals surface area contributed by atoms with Gasteiger partial charge >= 0.3 is 5.97 Å². The van der Waals surface area contributed by atoms with E-state index in [0.29, 0.717) is 11.6 Å². The van der Waals surface area contributed by atoms with Gasteiger partial charge in [-0.2, -0.15) is 5.10 Å². The Kier molecular flexibility index (Phi) is 2.96. The highest BCUT2D eigenvalue weighted by Gasteiger charge is 2.24. The number of nitrogens with zero attached hydrogens (tertiary/aromatic N) is 2. The van der Waals surface area contributed by atoms with Gasteiger partial charge in [-0.1, -0.05) is 12.8 Å². The Hall–Kier alpha value is -1.36. The van der Waals surface area contributed by atoms with Crippen molar-refractivity contribution in [3.8, 4) is 0 Å². The molecule has 0 saturated heterocycles. The van der Waals surface area contributed by atoms with E-state index in [0.717, 1.165) is 18.5 Å². The second-order valence-corrected chi connectivity index (χ2v) is 4.38. The zero-order valence-electron chi connectivity index (χ0n) is 9.39. The average Bonchev–Trinajstić information content (AvgIpc) is 2.85. The lowest BCUT2D eigenvalue weighted by molar-refractivity contribution is -0.138. The zero-order chi connectivity index (χ0) is 11.7. The van der Waals surface area contributed by atoms with Crippen LogP contribution < -0.4 is 5.73 Å². The lowest BCUT2D eigenvalue weighted by Gasteiger charge is -2.13. The largest absolute Gasteiger partial charge is 0.480 e. The van der Waals surface area contributed by atoms with Crippen LogP contribution in [0.3, 0.4) is 0 Å². The summed E-state index contributed by atoms with van der Waals surface area (Å²) in [6, 6.07) is -0.537. The molecule has 0 bridgehead atoms. The molecular formula is C11H17N3O2. The molecule has 0 aliphatic heterocycles. The minimum absolute atomic E-state index is 0.426. The van der Waals surface area contributed by atoms with Crippen LogP contribution in [0.2, 0.25) is 0 Å². The minimum Gasteiger partial charge on any atom is -0.480 e. The van der Waals surface area contributed by atoms with Crippen LogP contribution in [-0.2, 0) is 4.79 Å². The molecule has 2 rings (SSSR count). The molecule has 88 valence electrons. The molecule has 0 amide bonds. The van der Waals surface area contributed by atoms with Gasteiger partial charge in [0, 0.05) is 11.3 Å². The van der Waals surface area contributed by atoms with E-state index >= 15 is 0 Å². The van der Waals surface area contributed by atoms with Crippen molar-refractivity contribution in [2.24, 2.45) is 5.73 Å². The number of aromatic nitrogens is 2. The van der Waals surface area contributed by atoms with Crippen molar-refractivity contribution in [3.63, 3.8) is 0 Å². The van der Waals surface area contributed by atoms with Gasteiger partial charge in [0.1, 0.15) is 6.04 Å². The molecule has 5 nitrogen and oxygen atoms in total. The molecule has 1 saturated carbocycles. The third kappa shape index (κ3) is 1.82. The number of carbonyl (C=O) groups is 1. The van der Waals surface area contributed by atoms with Gasteiger partial charge in [0.15, 0.2) is 0 Å². The van der Waals surface area contributed by atoms with Crippen LogP contribution in [0.1, 0.15) is 49.0 Å². The Balaban J connectivity index is 2.26. The summed E-state index contributed by atoms with van der Waals surface area (Å²) in [7, 11) is 0. The van der Waals surface area contributed by atoms with E-state index in [1.165, 1.54) is 12.8 Å². The molecule has 1 unspecified atom stereocenters. The molecule has 1 aliphatic rings. The van der Waals surface area contributed by atoms with E-state index in [-0.39, 0.29) is 0 Å². The Morgan fingerprint density at radius 1 is 1.62 bits per heavy atom. The fraction of sp³-hybridized carbons (Fsp3) is 0.636. The summed E-state index contributed by atoms with van der Waals surface area (Å²) in [5.41, 5.74) is 7.11. The van der Waals surface area contributed by atoms with E-state index in [9.17, 15) is 4.79 Å². The van der Waals surface area contributed by atoms with Crippen molar-refractivity contribution in [1.29, 1.82) is 0 Å². The molecule has 0 spiro atoms. The summed E-state index contributed by atoms with van der Waals surface area (Å²) < 4.78 is 1.94. The first-order valence-electron chi connectivity index (χ1n) is 5.63. The predicted molar refractivity (Wildman–Crippen MR) is 59.0 cm³/mol. The number of carboxylic acid groups (broad SMARTS) is 1. The zero-order valence-corrected chi connectivity index (χ0v) is 9.39. The monoisotopic (exact) mass is 223 g/mol. The van der Waals surface area contributed by atoms with Crippen molar-refractivity contribution in [1.82, 2.24) is 9.78 Å². The maximum atomic E-state index is 10.8. The summed E-state index contributed by atoms with van der Waals surface area (Å²) >= 11 is 0. The molecule has 1 heterocycles. The number of nitrogens with two attached hydrogens (primary N) is 1. The minimum atomic E-state index is -1.01. The number of hydrogen-bond donors (Lipinski definition) is 2. The summed E-state index contributed by atoms with van der Waals surface area (Å²) in [5, 5.41) is 13.1. The number of hydrogen-bond acceptors (Lipinski definition) is 3. The molecule has 0 aromatic carbocycles. The first-order chi connectivity index (χ1) is 7.61. The molecule has 3 N–H and O–H groups in total. The van der Waals surface area contributed by atoms with E-state index < -0.39 is 12.0 Å². The second kappa shape index (κ2) is 4.25. The Morgan fingerprint density at radius 3 is 2.81 bits per heavy atom. The molecule has 1 aromatic rings. The van der Waals surface area contributed by atoms with Crippen LogP contribution in [-0.4, -0.2) is 20.9 Å². The molecule has 0 radical (unpaired) electrons. The molecule has 1 aromatic heterocycles. The maximum absolute atomic E-state index is 10.8. The van der Waals surface area contributed by atoms with Gasteiger partial charge in [-0.25, -0.2) is 0 Å². The Labute approximate surface area is 94.2 Å². The van der Waals surface area contributed by atoms with E-state index in [1.54, 1.807) is 6.20 Å². The summed E-state index contributed by atoms with van der Waals surface area (Å²) in [6.45, 7) is 1.89. The first-order valence-corrected chi connectivity index (χ1v) is 5.63. The highest BCUT2D eigenvalue weighted by Crippen LogP contribution is 2.31. The van der Waals surface area contributed by atoms with Crippen LogP contribution in [0, 0.1) is 6.92 Å². The lowest BCUT2D eigenvalue weighted by Crippen LogP contribution is -2.21. The van der Waals surface area contributed by atoms with Crippen molar-refractivity contribution >= 4 is 5.97 Å². The Bertz CT molecular complexity index is 394. The highest BCUT2D eigenvalue weighted by molar-refractivity contribution is 5.75. The van der Waals surface area contributed by atoms with Crippen LogP contribution in [0.5, 0.6) is 0 Å². The van der Waals surface area contributed by atoms with Crippen molar-refractivity contribution in [3.05, 3.63) is 17.5 Å². The fourth-order valence-corrected chi connectivity index (χ4v) is 2.39. The molecule has 1 aliphatic carbocycles. The third-order valence-corrected chi connectivity index (χ3v) is 3.35. The van der Waals surface area contributed by atoms with Gasteiger partial charge in [0.25, 0.3) is 0 Å². The van der Waals surface area contributed by atoms with Crippen LogP contribution in [0.25, 0.3) is 0 Å². The SMILES string of the molecule is Cc1c(C(N)C(=O)O)cnn1C1CCCC1. The third-order valence-electron chi connectivity index (χ3n) is 3.35. The van der Waals surface area contributed by atoms with Crippen LogP contribution >= 0.6 is 0 Å². The van der Waals surface area contributed by atoms with E-state index in [1.807, 2.05) is 11.6 Å². The lowest BCUT2D eigenvalue weighted by atomic mass is 10.1. The predicted octanol–water partition coefficient (Wildman–Crippen LogP) is 1.39. The highest BCUT2D eigenvalue weighted by atomic mass is 16.4. The average molecular weight is 223 g/mol. The van der Waals surface area contributed by atoms with E-state index in [2.05, 4.69) is 5.10 Å².